The Bertz CT molecular complexity index is 177. The van der Waals surface area contributed by atoms with E-state index in [9.17, 15) is 4.79 Å². The molecule has 0 fully saturated rings. The fraction of sp³-hybridized carbons (Fsp3) is 0.923. The van der Waals surface area contributed by atoms with Crippen LogP contribution in [0.5, 0.6) is 0 Å². The summed E-state index contributed by atoms with van der Waals surface area (Å²) >= 11 is 0. The number of carbonyl (C=O) groups is 1. The number of likely N-dealkylation sites (N-methyl/N-ethyl adjacent to an activating group) is 1. The first kappa shape index (κ1) is 14.6. The zero-order valence-corrected chi connectivity index (χ0v) is 11.0. The summed E-state index contributed by atoms with van der Waals surface area (Å²) in [6, 6.07) is 0.105. The molecule has 15 heavy (non-hydrogen) atoms. The topological polar surface area (TPSA) is 20.3 Å². The van der Waals surface area contributed by atoms with Gasteiger partial charge in [0.2, 0.25) is 0 Å². The molecular formula is C13H27NO. The van der Waals surface area contributed by atoms with Gasteiger partial charge in [0.25, 0.3) is 0 Å². The van der Waals surface area contributed by atoms with Crippen molar-refractivity contribution in [3.05, 3.63) is 0 Å². The van der Waals surface area contributed by atoms with E-state index in [4.69, 9.17) is 0 Å². The van der Waals surface area contributed by atoms with Gasteiger partial charge >= 0.3 is 0 Å². The monoisotopic (exact) mass is 213 g/mol. The van der Waals surface area contributed by atoms with Crippen molar-refractivity contribution in [2.75, 3.05) is 13.1 Å². The van der Waals surface area contributed by atoms with Crippen LogP contribution < -0.4 is 0 Å². The van der Waals surface area contributed by atoms with Gasteiger partial charge in [0, 0.05) is 6.42 Å². The minimum atomic E-state index is 0.105. The van der Waals surface area contributed by atoms with E-state index in [2.05, 4.69) is 32.6 Å². The molecule has 0 saturated heterocycles. The van der Waals surface area contributed by atoms with Gasteiger partial charge in [0.1, 0.15) is 5.78 Å². The van der Waals surface area contributed by atoms with Gasteiger partial charge in [-0.15, -0.1) is 0 Å². The zero-order valence-electron chi connectivity index (χ0n) is 11.0. The predicted octanol–water partition coefficient (Wildman–Crippen LogP) is 3.11. The number of hydrogen-bond donors (Lipinski definition) is 0. The third kappa shape index (κ3) is 5.93. The highest BCUT2D eigenvalue weighted by Gasteiger charge is 2.18. The Kier molecular flexibility index (Phi) is 7.67. The fourth-order valence-corrected chi connectivity index (χ4v) is 1.71. The highest BCUT2D eigenvalue weighted by atomic mass is 16.1. The summed E-state index contributed by atoms with van der Waals surface area (Å²) < 4.78 is 0. The summed E-state index contributed by atoms with van der Waals surface area (Å²) in [5, 5.41) is 0. The van der Waals surface area contributed by atoms with E-state index >= 15 is 0 Å². The van der Waals surface area contributed by atoms with Crippen molar-refractivity contribution in [2.45, 2.75) is 59.9 Å². The van der Waals surface area contributed by atoms with Crippen LogP contribution in [0.4, 0.5) is 0 Å². The van der Waals surface area contributed by atoms with Crippen LogP contribution in [0.15, 0.2) is 0 Å². The van der Waals surface area contributed by atoms with Crippen LogP contribution >= 0.6 is 0 Å². The maximum atomic E-state index is 11.7. The van der Waals surface area contributed by atoms with Gasteiger partial charge in [-0.2, -0.15) is 0 Å². The van der Waals surface area contributed by atoms with Gasteiger partial charge in [0.15, 0.2) is 0 Å². The largest absolute Gasteiger partial charge is 0.298 e. The molecule has 0 aliphatic heterocycles. The van der Waals surface area contributed by atoms with E-state index in [0.717, 1.165) is 25.9 Å². The van der Waals surface area contributed by atoms with Crippen LogP contribution in [0.1, 0.15) is 53.9 Å². The second kappa shape index (κ2) is 7.86. The van der Waals surface area contributed by atoms with Crippen molar-refractivity contribution in [1.82, 2.24) is 4.90 Å². The molecule has 0 radical (unpaired) electrons. The Morgan fingerprint density at radius 3 is 2.20 bits per heavy atom. The molecule has 0 aromatic carbocycles. The normalized spacial score (nSPS) is 13.5. The van der Waals surface area contributed by atoms with E-state index in [1.165, 1.54) is 6.42 Å². The average molecular weight is 213 g/mol. The van der Waals surface area contributed by atoms with Gasteiger partial charge in [-0.05, 0) is 38.8 Å². The van der Waals surface area contributed by atoms with Crippen molar-refractivity contribution in [3.63, 3.8) is 0 Å². The predicted molar refractivity (Wildman–Crippen MR) is 66.1 cm³/mol. The molecule has 2 nitrogen and oxygen atoms in total. The smallest absolute Gasteiger partial charge is 0.149 e. The Labute approximate surface area is 95.0 Å². The second-order valence-corrected chi connectivity index (χ2v) is 4.70. The van der Waals surface area contributed by atoms with Crippen LogP contribution in [0.3, 0.4) is 0 Å². The molecule has 0 aromatic heterocycles. The van der Waals surface area contributed by atoms with Gasteiger partial charge in [-0.3, -0.25) is 9.69 Å². The lowest BCUT2D eigenvalue weighted by molar-refractivity contribution is -0.123. The van der Waals surface area contributed by atoms with Gasteiger partial charge in [-0.1, -0.05) is 27.7 Å². The molecule has 0 N–H and O–H groups in total. The van der Waals surface area contributed by atoms with Crippen molar-refractivity contribution in [2.24, 2.45) is 5.92 Å². The highest BCUT2D eigenvalue weighted by molar-refractivity contribution is 5.83. The zero-order chi connectivity index (χ0) is 11.8. The van der Waals surface area contributed by atoms with Crippen LogP contribution in [0.25, 0.3) is 0 Å². The van der Waals surface area contributed by atoms with Gasteiger partial charge in [0.05, 0.1) is 6.04 Å². The molecule has 0 heterocycles. The summed E-state index contributed by atoms with van der Waals surface area (Å²) in [7, 11) is 0. The minimum absolute atomic E-state index is 0.105. The first-order valence-electron chi connectivity index (χ1n) is 6.29. The Balaban J connectivity index is 4.08. The van der Waals surface area contributed by atoms with Crippen LogP contribution in [-0.4, -0.2) is 29.8 Å². The van der Waals surface area contributed by atoms with Crippen molar-refractivity contribution >= 4 is 5.78 Å². The molecule has 0 aliphatic rings. The number of rotatable bonds is 8. The lowest BCUT2D eigenvalue weighted by Crippen LogP contribution is -2.39. The lowest BCUT2D eigenvalue weighted by atomic mass is 10.1. The van der Waals surface area contributed by atoms with Crippen LogP contribution in [-0.2, 0) is 4.79 Å². The number of nitrogens with zero attached hydrogens (tertiary/aromatic N) is 1. The fourth-order valence-electron chi connectivity index (χ4n) is 1.71. The molecule has 0 amide bonds. The van der Waals surface area contributed by atoms with Gasteiger partial charge < -0.3 is 0 Å². The van der Waals surface area contributed by atoms with E-state index in [-0.39, 0.29) is 6.04 Å². The lowest BCUT2D eigenvalue weighted by Gasteiger charge is -2.27. The van der Waals surface area contributed by atoms with E-state index in [1.807, 2.05) is 6.92 Å². The molecule has 0 aromatic rings. The summed E-state index contributed by atoms with van der Waals surface area (Å²) in [5.74, 6) is 1.11. The summed E-state index contributed by atoms with van der Waals surface area (Å²) in [6.07, 6.45) is 2.86. The van der Waals surface area contributed by atoms with Crippen LogP contribution in [0.2, 0.25) is 0 Å². The van der Waals surface area contributed by atoms with Gasteiger partial charge in [-0.25, -0.2) is 0 Å². The standard InChI is InChI=1S/C13H27NO/c1-6-8-13(15)12(5)14(7-2)10-9-11(3)4/h11-12H,6-10H2,1-5H3. The Morgan fingerprint density at radius 2 is 1.80 bits per heavy atom. The maximum Gasteiger partial charge on any atom is 0.149 e. The van der Waals surface area contributed by atoms with Crippen molar-refractivity contribution in [1.29, 1.82) is 0 Å². The van der Waals surface area contributed by atoms with Crippen molar-refractivity contribution in [3.8, 4) is 0 Å². The third-order valence-corrected chi connectivity index (χ3v) is 2.91. The molecule has 0 rings (SSSR count). The summed E-state index contributed by atoms with van der Waals surface area (Å²) in [4.78, 5) is 14.0. The first-order valence-corrected chi connectivity index (χ1v) is 6.29. The molecule has 0 saturated carbocycles. The molecule has 0 spiro atoms. The SMILES string of the molecule is CCCC(=O)C(C)N(CC)CCC(C)C. The quantitative estimate of drug-likeness (QED) is 0.617. The second-order valence-electron chi connectivity index (χ2n) is 4.70. The molecule has 1 unspecified atom stereocenters. The maximum absolute atomic E-state index is 11.7. The van der Waals surface area contributed by atoms with Crippen molar-refractivity contribution < 1.29 is 4.79 Å². The number of Topliss-reactive ketones (excluding diaryl/α,β-unsaturated/α-hetero) is 1. The Hall–Kier alpha value is -0.370. The summed E-state index contributed by atoms with van der Waals surface area (Å²) in [5.41, 5.74) is 0. The molecule has 90 valence electrons. The summed E-state index contributed by atoms with van der Waals surface area (Å²) in [6.45, 7) is 12.7. The third-order valence-electron chi connectivity index (χ3n) is 2.91. The molecule has 2 heteroatoms. The molecule has 0 aliphatic carbocycles. The highest BCUT2D eigenvalue weighted by Crippen LogP contribution is 2.08. The Morgan fingerprint density at radius 1 is 1.20 bits per heavy atom. The number of ketones is 1. The van der Waals surface area contributed by atoms with Crippen LogP contribution in [0, 0.1) is 5.92 Å². The first-order chi connectivity index (χ1) is 7.02. The van der Waals surface area contributed by atoms with E-state index < -0.39 is 0 Å². The minimum Gasteiger partial charge on any atom is -0.298 e. The molecule has 0 bridgehead atoms. The van der Waals surface area contributed by atoms with E-state index in [1.54, 1.807) is 0 Å². The molecular weight excluding hydrogens is 186 g/mol. The average Bonchev–Trinajstić information content (AvgIpc) is 2.18. The number of carbonyl (C=O) groups excluding carboxylic acids is 1. The van der Waals surface area contributed by atoms with E-state index in [0.29, 0.717) is 11.7 Å². The number of hydrogen-bond acceptors (Lipinski definition) is 2. The molecule has 1 atom stereocenters.